The van der Waals surface area contributed by atoms with Crippen LogP contribution in [-0.4, -0.2) is 19.4 Å². The molecule has 0 atom stereocenters. The highest BCUT2D eigenvalue weighted by atomic mass is 16.1. The number of likely N-dealkylation sites (N-methyl/N-ethyl adjacent to an activating group) is 1. The minimum Gasteiger partial charge on any atom is -0.313 e. The molecule has 0 unspecified atom stereocenters. The Balaban J connectivity index is 3.06. The molecule has 0 heterocycles. The highest BCUT2D eigenvalue weighted by Gasteiger charge is 1.94. The molecule has 2 nitrogen and oxygen atoms in total. The van der Waals surface area contributed by atoms with Crippen LogP contribution in [0.25, 0.3) is 0 Å². The predicted octanol–water partition coefficient (Wildman–Crippen LogP) is 0.575. The van der Waals surface area contributed by atoms with Crippen molar-refractivity contribution < 1.29 is 4.79 Å². The highest BCUT2D eigenvalue weighted by molar-refractivity contribution is 5.80. The molecule has 0 aliphatic rings. The van der Waals surface area contributed by atoms with E-state index in [1.54, 1.807) is 7.05 Å². The molecule has 0 aliphatic carbocycles. The van der Waals surface area contributed by atoms with Crippen molar-refractivity contribution in [3.63, 3.8) is 0 Å². The standard InChI is InChI=1S/C6H13NO/c1-3-4-6(8)5-7-2/h7H,3-5H2,1-2H3. The maximum Gasteiger partial charge on any atom is 0.146 e. The van der Waals surface area contributed by atoms with E-state index in [1.807, 2.05) is 6.92 Å². The second kappa shape index (κ2) is 4.78. The van der Waals surface area contributed by atoms with Crippen molar-refractivity contribution in [2.45, 2.75) is 19.8 Å². The first kappa shape index (κ1) is 7.63. The number of hydrogen-bond donors (Lipinski definition) is 1. The molecule has 0 aromatic carbocycles. The van der Waals surface area contributed by atoms with Gasteiger partial charge >= 0.3 is 0 Å². The quantitative estimate of drug-likeness (QED) is 0.580. The lowest BCUT2D eigenvalue weighted by atomic mass is 10.2. The molecular weight excluding hydrogens is 102 g/mol. The third-order valence-corrected chi connectivity index (χ3v) is 0.903. The molecule has 0 radical (unpaired) electrons. The van der Waals surface area contributed by atoms with Gasteiger partial charge < -0.3 is 5.32 Å². The number of nitrogens with one attached hydrogen (secondary N) is 1. The van der Waals surface area contributed by atoms with E-state index in [0.717, 1.165) is 6.42 Å². The fourth-order valence-electron chi connectivity index (χ4n) is 0.564. The van der Waals surface area contributed by atoms with Gasteiger partial charge in [-0.05, 0) is 13.5 Å². The van der Waals surface area contributed by atoms with Crippen molar-refractivity contribution in [2.75, 3.05) is 13.6 Å². The molecule has 0 spiro atoms. The van der Waals surface area contributed by atoms with Crippen molar-refractivity contribution in [2.24, 2.45) is 0 Å². The van der Waals surface area contributed by atoms with Gasteiger partial charge in [-0.3, -0.25) is 4.79 Å². The first-order valence-electron chi connectivity index (χ1n) is 2.97. The minimum absolute atomic E-state index is 0.301. The van der Waals surface area contributed by atoms with Crippen LogP contribution in [0.15, 0.2) is 0 Å². The zero-order valence-corrected chi connectivity index (χ0v) is 5.53. The summed E-state index contributed by atoms with van der Waals surface area (Å²) in [6.45, 7) is 2.53. The summed E-state index contributed by atoms with van der Waals surface area (Å²) in [6.07, 6.45) is 1.67. The molecule has 0 saturated carbocycles. The molecule has 0 aromatic rings. The summed E-state index contributed by atoms with van der Waals surface area (Å²) < 4.78 is 0. The van der Waals surface area contributed by atoms with E-state index in [0.29, 0.717) is 18.7 Å². The highest BCUT2D eigenvalue weighted by Crippen LogP contribution is 1.85. The van der Waals surface area contributed by atoms with Crippen molar-refractivity contribution in [3.05, 3.63) is 0 Å². The normalized spacial score (nSPS) is 9.25. The van der Waals surface area contributed by atoms with Gasteiger partial charge in [-0.1, -0.05) is 6.92 Å². The van der Waals surface area contributed by atoms with E-state index < -0.39 is 0 Å². The molecule has 8 heavy (non-hydrogen) atoms. The van der Waals surface area contributed by atoms with Crippen molar-refractivity contribution in [1.82, 2.24) is 5.32 Å². The van der Waals surface area contributed by atoms with Gasteiger partial charge in [-0.2, -0.15) is 0 Å². The van der Waals surface area contributed by atoms with Crippen LogP contribution in [0.3, 0.4) is 0 Å². The Morgan fingerprint density at radius 2 is 2.25 bits per heavy atom. The average Bonchev–Trinajstić information content (AvgIpc) is 1.68. The zero-order valence-electron chi connectivity index (χ0n) is 5.53. The molecule has 0 bridgehead atoms. The zero-order chi connectivity index (χ0) is 6.41. The van der Waals surface area contributed by atoms with Gasteiger partial charge in [0.15, 0.2) is 0 Å². The molecule has 0 fully saturated rings. The molecule has 1 N–H and O–H groups in total. The summed E-state index contributed by atoms with van der Waals surface area (Å²) in [4.78, 5) is 10.6. The number of carbonyl (C=O) groups excluding carboxylic acids is 1. The topological polar surface area (TPSA) is 29.1 Å². The number of carbonyl (C=O) groups is 1. The van der Waals surface area contributed by atoms with E-state index in [2.05, 4.69) is 5.32 Å². The van der Waals surface area contributed by atoms with Crippen LogP contribution in [0, 0.1) is 0 Å². The number of hydrogen-bond acceptors (Lipinski definition) is 2. The Morgan fingerprint density at radius 3 is 2.62 bits per heavy atom. The fraction of sp³-hybridized carbons (Fsp3) is 0.833. The molecule has 0 saturated heterocycles. The van der Waals surface area contributed by atoms with E-state index >= 15 is 0 Å². The Bertz CT molecular complexity index is 62.9. The predicted molar refractivity (Wildman–Crippen MR) is 33.8 cm³/mol. The first-order chi connectivity index (χ1) is 3.81. The molecule has 0 aliphatic heterocycles. The van der Waals surface area contributed by atoms with E-state index in [9.17, 15) is 4.79 Å². The van der Waals surface area contributed by atoms with Crippen molar-refractivity contribution in [3.8, 4) is 0 Å². The largest absolute Gasteiger partial charge is 0.313 e. The first-order valence-corrected chi connectivity index (χ1v) is 2.97. The number of rotatable bonds is 4. The van der Waals surface area contributed by atoms with E-state index in [1.165, 1.54) is 0 Å². The second-order valence-corrected chi connectivity index (χ2v) is 1.82. The van der Waals surface area contributed by atoms with Gasteiger partial charge in [0.05, 0.1) is 6.54 Å². The van der Waals surface area contributed by atoms with Gasteiger partial charge in [0.25, 0.3) is 0 Å². The van der Waals surface area contributed by atoms with Gasteiger partial charge in [0, 0.05) is 6.42 Å². The SMILES string of the molecule is CCCC(=O)CNC. The fourth-order valence-corrected chi connectivity index (χ4v) is 0.564. The van der Waals surface area contributed by atoms with Crippen LogP contribution >= 0.6 is 0 Å². The molecule has 0 aromatic heterocycles. The Labute approximate surface area is 50.3 Å². The van der Waals surface area contributed by atoms with Crippen LogP contribution in [0.4, 0.5) is 0 Å². The molecule has 48 valence electrons. The van der Waals surface area contributed by atoms with Gasteiger partial charge in [-0.25, -0.2) is 0 Å². The summed E-state index contributed by atoms with van der Waals surface area (Å²) >= 11 is 0. The lowest BCUT2D eigenvalue weighted by Crippen LogP contribution is -2.17. The molecular formula is C6H13NO. The lowest BCUT2D eigenvalue weighted by molar-refractivity contribution is -0.118. The summed E-state index contributed by atoms with van der Waals surface area (Å²) in [5, 5.41) is 2.80. The maximum absolute atomic E-state index is 10.6. The Kier molecular flexibility index (Phi) is 4.56. The average molecular weight is 115 g/mol. The van der Waals surface area contributed by atoms with E-state index in [4.69, 9.17) is 0 Å². The summed E-state index contributed by atoms with van der Waals surface area (Å²) in [5.74, 6) is 0.301. The summed E-state index contributed by atoms with van der Waals surface area (Å²) in [7, 11) is 1.79. The summed E-state index contributed by atoms with van der Waals surface area (Å²) in [5.41, 5.74) is 0. The maximum atomic E-state index is 10.6. The Hall–Kier alpha value is -0.370. The molecule has 0 rings (SSSR count). The smallest absolute Gasteiger partial charge is 0.146 e. The van der Waals surface area contributed by atoms with Crippen LogP contribution < -0.4 is 5.32 Å². The second-order valence-electron chi connectivity index (χ2n) is 1.82. The van der Waals surface area contributed by atoms with Crippen molar-refractivity contribution >= 4 is 5.78 Å². The van der Waals surface area contributed by atoms with E-state index in [-0.39, 0.29) is 0 Å². The van der Waals surface area contributed by atoms with Gasteiger partial charge in [-0.15, -0.1) is 0 Å². The number of ketones is 1. The lowest BCUT2D eigenvalue weighted by Gasteiger charge is -1.93. The van der Waals surface area contributed by atoms with Crippen LogP contribution in [0.2, 0.25) is 0 Å². The Morgan fingerprint density at radius 1 is 1.62 bits per heavy atom. The van der Waals surface area contributed by atoms with Crippen molar-refractivity contribution in [1.29, 1.82) is 0 Å². The minimum atomic E-state index is 0.301. The third kappa shape index (κ3) is 3.81. The number of Topliss-reactive ketones (excluding diaryl/α,β-unsaturated/α-hetero) is 1. The third-order valence-electron chi connectivity index (χ3n) is 0.903. The summed E-state index contributed by atoms with van der Waals surface area (Å²) in [6, 6.07) is 0. The molecule has 2 heteroatoms. The molecule has 0 amide bonds. The van der Waals surface area contributed by atoms with Crippen LogP contribution in [0.5, 0.6) is 0 Å². The monoisotopic (exact) mass is 115 g/mol. The van der Waals surface area contributed by atoms with Gasteiger partial charge in [0.1, 0.15) is 5.78 Å². The van der Waals surface area contributed by atoms with Gasteiger partial charge in [0.2, 0.25) is 0 Å². The van der Waals surface area contributed by atoms with Crippen LogP contribution in [-0.2, 0) is 4.79 Å². The van der Waals surface area contributed by atoms with Crippen LogP contribution in [0.1, 0.15) is 19.8 Å².